The SMILES string of the molecule is O=C(O)C1(C2CCOC3(CCCC3)C2)CCCCC1=O. The van der Waals surface area contributed by atoms with E-state index in [0.29, 0.717) is 19.4 Å². The van der Waals surface area contributed by atoms with Gasteiger partial charge in [0.05, 0.1) is 5.60 Å². The van der Waals surface area contributed by atoms with Crippen molar-refractivity contribution in [2.75, 3.05) is 6.61 Å². The van der Waals surface area contributed by atoms with Crippen molar-refractivity contribution in [3.63, 3.8) is 0 Å². The molecule has 0 bridgehead atoms. The minimum Gasteiger partial charge on any atom is -0.480 e. The molecule has 4 heteroatoms. The van der Waals surface area contributed by atoms with E-state index >= 15 is 0 Å². The molecular formula is C16H24O4. The molecule has 3 fully saturated rings. The number of carbonyl (C=O) groups excluding carboxylic acids is 1. The predicted molar refractivity (Wildman–Crippen MR) is 73.4 cm³/mol. The Morgan fingerprint density at radius 1 is 1.15 bits per heavy atom. The van der Waals surface area contributed by atoms with Gasteiger partial charge in [-0.25, -0.2) is 0 Å². The number of ether oxygens (including phenoxy) is 1. The number of aliphatic carboxylic acids is 1. The van der Waals surface area contributed by atoms with E-state index in [1.165, 1.54) is 12.8 Å². The molecule has 1 spiro atoms. The Hall–Kier alpha value is -0.900. The van der Waals surface area contributed by atoms with Crippen LogP contribution >= 0.6 is 0 Å². The van der Waals surface area contributed by atoms with Crippen LogP contribution in [0, 0.1) is 11.3 Å². The number of hydrogen-bond acceptors (Lipinski definition) is 3. The molecule has 0 aromatic carbocycles. The summed E-state index contributed by atoms with van der Waals surface area (Å²) in [5.74, 6) is -0.946. The fraction of sp³-hybridized carbons (Fsp3) is 0.875. The summed E-state index contributed by atoms with van der Waals surface area (Å²) in [6, 6.07) is 0. The van der Waals surface area contributed by atoms with Crippen LogP contribution in [0.25, 0.3) is 0 Å². The summed E-state index contributed by atoms with van der Waals surface area (Å²) in [6.45, 7) is 0.618. The molecule has 0 aromatic rings. The van der Waals surface area contributed by atoms with Gasteiger partial charge in [-0.15, -0.1) is 0 Å². The van der Waals surface area contributed by atoms with Gasteiger partial charge in [0.15, 0.2) is 0 Å². The van der Waals surface area contributed by atoms with E-state index in [1.807, 2.05) is 0 Å². The van der Waals surface area contributed by atoms with Crippen LogP contribution in [0.1, 0.15) is 64.2 Å². The summed E-state index contributed by atoms with van der Waals surface area (Å²) >= 11 is 0. The Morgan fingerprint density at radius 3 is 2.50 bits per heavy atom. The average molecular weight is 280 g/mol. The summed E-state index contributed by atoms with van der Waals surface area (Å²) in [5.41, 5.74) is -1.24. The number of Topliss-reactive ketones (excluding diaryl/α,β-unsaturated/α-hetero) is 1. The smallest absolute Gasteiger partial charge is 0.317 e. The van der Waals surface area contributed by atoms with E-state index in [-0.39, 0.29) is 17.3 Å². The molecule has 1 N–H and O–H groups in total. The van der Waals surface area contributed by atoms with Crippen molar-refractivity contribution in [3.8, 4) is 0 Å². The maximum atomic E-state index is 12.4. The van der Waals surface area contributed by atoms with Crippen molar-refractivity contribution < 1.29 is 19.4 Å². The normalized spacial score (nSPS) is 37.2. The zero-order valence-electron chi connectivity index (χ0n) is 12.0. The van der Waals surface area contributed by atoms with Gasteiger partial charge in [0.25, 0.3) is 0 Å². The lowest BCUT2D eigenvalue weighted by molar-refractivity contribution is -0.171. The second-order valence-corrected chi connectivity index (χ2v) is 6.84. The Balaban J connectivity index is 1.87. The van der Waals surface area contributed by atoms with E-state index in [9.17, 15) is 14.7 Å². The first-order chi connectivity index (χ1) is 9.59. The van der Waals surface area contributed by atoms with Crippen molar-refractivity contribution in [2.45, 2.75) is 69.8 Å². The van der Waals surface area contributed by atoms with Gasteiger partial charge in [-0.2, -0.15) is 0 Å². The monoisotopic (exact) mass is 280 g/mol. The third-order valence-corrected chi connectivity index (χ3v) is 5.81. The first-order valence-electron chi connectivity index (χ1n) is 8.00. The fourth-order valence-corrected chi connectivity index (χ4v) is 4.70. The third-order valence-electron chi connectivity index (χ3n) is 5.81. The standard InChI is InChI=1S/C16H24O4/c17-13-5-1-2-9-16(13,14(18)19)12-6-10-20-15(11-12)7-3-4-8-15/h12H,1-11H2,(H,18,19). The van der Waals surface area contributed by atoms with E-state index in [2.05, 4.69) is 0 Å². The van der Waals surface area contributed by atoms with E-state index < -0.39 is 11.4 Å². The highest BCUT2D eigenvalue weighted by Crippen LogP contribution is 2.51. The number of carbonyl (C=O) groups is 2. The fourth-order valence-electron chi connectivity index (χ4n) is 4.70. The molecule has 0 radical (unpaired) electrons. The van der Waals surface area contributed by atoms with Gasteiger partial charge in [-0.05, 0) is 44.4 Å². The van der Waals surface area contributed by atoms with Gasteiger partial charge >= 0.3 is 5.97 Å². The maximum Gasteiger partial charge on any atom is 0.317 e. The summed E-state index contributed by atoms with van der Waals surface area (Å²) in [5, 5.41) is 9.78. The molecule has 0 aromatic heterocycles. The number of ketones is 1. The Morgan fingerprint density at radius 2 is 1.85 bits per heavy atom. The summed E-state index contributed by atoms with van der Waals surface area (Å²) in [7, 11) is 0. The molecule has 20 heavy (non-hydrogen) atoms. The molecule has 3 rings (SSSR count). The van der Waals surface area contributed by atoms with Crippen molar-refractivity contribution in [1.82, 2.24) is 0 Å². The van der Waals surface area contributed by atoms with Crippen molar-refractivity contribution in [2.24, 2.45) is 11.3 Å². The molecule has 4 nitrogen and oxygen atoms in total. The van der Waals surface area contributed by atoms with Crippen LogP contribution in [0.3, 0.4) is 0 Å². The highest BCUT2D eigenvalue weighted by atomic mass is 16.5. The highest BCUT2D eigenvalue weighted by molar-refractivity contribution is 6.03. The maximum absolute atomic E-state index is 12.4. The van der Waals surface area contributed by atoms with Gasteiger partial charge in [-0.1, -0.05) is 19.3 Å². The summed E-state index contributed by atoms with van der Waals surface area (Å²) in [6.07, 6.45) is 8.58. The van der Waals surface area contributed by atoms with Crippen molar-refractivity contribution in [1.29, 1.82) is 0 Å². The van der Waals surface area contributed by atoms with Gasteiger partial charge in [0.2, 0.25) is 0 Å². The Labute approximate surface area is 119 Å². The molecular weight excluding hydrogens is 256 g/mol. The number of carboxylic acids is 1. The number of rotatable bonds is 2. The van der Waals surface area contributed by atoms with Crippen molar-refractivity contribution in [3.05, 3.63) is 0 Å². The van der Waals surface area contributed by atoms with Crippen LogP contribution in [0.2, 0.25) is 0 Å². The van der Waals surface area contributed by atoms with E-state index in [1.54, 1.807) is 0 Å². The molecule has 1 saturated heterocycles. The van der Waals surface area contributed by atoms with Gasteiger partial charge < -0.3 is 9.84 Å². The molecule has 0 amide bonds. The zero-order valence-corrected chi connectivity index (χ0v) is 12.0. The van der Waals surface area contributed by atoms with E-state index in [4.69, 9.17) is 4.74 Å². The lowest BCUT2D eigenvalue weighted by atomic mass is 9.60. The van der Waals surface area contributed by atoms with Gasteiger partial charge in [0, 0.05) is 13.0 Å². The molecule has 2 unspecified atom stereocenters. The van der Waals surface area contributed by atoms with E-state index in [0.717, 1.165) is 38.5 Å². The van der Waals surface area contributed by atoms with Gasteiger partial charge in [0.1, 0.15) is 11.2 Å². The molecule has 1 aliphatic heterocycles. The predicted octanol–water partition coefficient (Wildman–Crippen LogP) is 2.94. The third kappa shape index (κ3) is 2.09. The second-order valence-electron chi connectivity index (χ2n) is 6.84. The number of carboxylic acid groups (broad SMARTS) is 1. The molecule has 2 atom stereocenters. The molecule has 112 valence electrons. The van der Waals surface area contributed by atoms with Crippen LogP contribution in [0.15, 0.2) is 0 Å². The Bertz CT molecular complexity index is 411. The first-order valence-corrected chi connectivity index (χ1v) is 8.00. The molecule has 1 heterocycles. The first kappa shape index (κ1) is 14.1. The summed E-state index contributed by atoms with van der Waals surface area (Å²) < 4.78 is 6.00. The minimum absolute atomic E-state index is 0.0281. The highest BCUT2D eigenvalue weighted by Gasteiger charge is 2.56. The van der Waals surface area contributed by atoms with Crippen molar-refractivity contribution >= 4 is 11.8 Å². The van der Waals surface area contributed by atoms with Crippen LogP contribution in [-0.4, -0.2) is 29.1 Å². The molecule has 3 aliphatic rings. The average Bonchev–Trinajstić information content (AvgIpc) is 2.87. The lowest BCUT2D eigenvalue weighted by Gasteiger charge is -2.46. The Kier molecular flexibility index (Phi) is 3.61. The number of hydrogen-bond donors (Lipinski definition) is 1. The largest absolute Gasteiger partial charge is 0.480 e. The zero-order chi connectivity index (χ0) is 14.2. The quantitative estimate of drug-likeness (QED) is 0.790. The van der Waals surface area contributed by atoms with Crippen LogP contribution < -0.4 is 0 Å². The topological polar surface area (TPSA) is 63.6 Å². The molecule has 2 saturated carbocycles. The van der Waals surface area contributed by atoms with Crippen LogP contribution in [0.5, 0.6) is 0 Å². The summed E-state index contributed by atoms with van der Waals surface area (Å²) in [4.78, 5) is 24.4. The lowest BCUT2D eigenvalue weighted by Crippen LogP contribution is -2.52. The second kappa shape index (κ2) is 5.14. The van der Waals surface area contributed by atoms with Crippen LogP contribution in [-0.2, 0) is 14.3 Å². The molecule has 2 aliphatic carbocycles. The van der Waals surface area contributed by atoms with Gasteiger partial charge in [-0.3, -0.25) is 9.59 Å². The van der Waals surface area contributed by atoms with Crippen LogP contribution in [0.4, 0.5) is 0 Å². The minimum atomic E-state index is -1.11.